The lowest BCUT2D eigenvalue weighted by atomic mass is 10.2. The maximum atomic E-state index is 10.9. The molecule has 5 nitrogen and oxygen atoms in total. The van der Waals surface area contributed by atoms with E-state index in [1.165, 1.54) is 19.2 Å². The van der Waals surface area contributed by atoms with Gasteiger partial charge in [0.25, 0.3) is 0 Å². The van der Waals surface area contributed by atoms with Gasteiger partial charge in [0.2, 0.25) is 0 Å². The smallest absolute Gasteiger partial charge is 0.306 e. The molecule has 0 aliphatic carbocycles. The van der Waals surface area contributed by atoms with Crippen LogP contribution in [-0.2, 0) is 10.1 Å². The Balaban J connectivity index is 3.28. The molecule has 0 saturated heterocycles. The van der Waals surface area contributed by atoms with Gasteiger partial charge in [0.15, 0.2) is 17.8 Å². The SMILES string of the molecule is COc1cccc(C=O)c1OS(C)(=O)=O. The van der Waals surface area contributed by atoms with Crippen LogP contribution in [0.15, 0.2) is 18.2 Å². The van der Waals surface area contributed by atoms with Gasteiger partial charge < -0.3 is 8.92 Å². The predicted octanol–water partition coefficient (Wildman–Crippen LogP) is 0.846. The fourth-order valence-electron chi connectivity index (χ4n) is 1.03. The summed E-state index contributed by atoms with van der Waals surface area (Å²) >= 11 is 0. The summed E-state index contributed by atoms with van der Waals surface area (Å²) in [5.74, 6) is 0.113. The summed E-state index contributed by atoms with van der Waals surface area (Å²) < 4.78 is 31.4. The molecule has 1 aromatic rings. The molecule has 0 radical (unpaired) electrons. The van der Waals surface area contributed by atoms with E-state index in [0.29, 0.717) is 6.29 Å². The predicted molar refractivity (Wildman–Crippen MR) is 53.9 cm³/mol. The monoisotopic (exact) mass is 230 g/mol. The Morgan fingerprint density at radius 3 is 2.47 bits per heavy atom. The van der Waals surface area contributed by atoms with E-state index < -0.39 is 10.1 Å². The Morgan fingerprint density at radius 2 is 2.00 bits per heavy atom. The first-order valence-electron chi connectivity index (χ1n) is 3.99. The van der Waals surface area contributed by atoms with E-state index in [1.807, 2.05) is 0 Å². The average molecular weight is 230 g/mol. The van der Waals surface area contributed by atoms with Gasteiger partial charge in [0, 0.05) is 0 Å². The van der Waals surface area contributed by atoms with E-state index in [4.69, 9.17) is 4.74 Å². The zero-order valence-electron chi connectivity index (χ0n) is 8.26. The van der Waals surface area contributed by atoms with Crippen molar-refractivity contribution >= 4 is 16.4 Å². The molecule has 0 aliphatic rings. The van der Waals surface area contributed by atoms with Crippen molar-refractivity contribution in [2.75, 3.05) is 13.4 Å². The van der Waals surface area contributed by atoms with E-state index >= 15 is 0 Å². The van der Waals surface area contributed by atoms with Crippen LogP contribution in [0.3, 0.4) is 0 Å². The zero-order chi connectivity index (χ0) is 11.5. The fraction of sp³-hybridized carbons (Fsp3) is 0.222. The maximum Gasteiger partial charge on any atom is 0.306 e. The Kier molecular flexibility index (Phi) is 3.31. The molecule has 82 valence electrons. The number of para-hydroxylation sites is 1. The van der Waals surface area contributed by atoms with Crippen LogP contribution in [0.2, 0.25) is 0 Å². The van der Waals surface area contributed by atoms with Gasteiger partial charge in [0.1, 0.15) is 0 Å². The van der Waals surface area contributed by atoms with Gasteiger partial charge >= 0.3 is 10.1 Å². The van der Waals surface area contributed by atoms with Gasteiger partial charge in [0.05, 0.1) is 18.9 Å². The van der Waals surface area contributed by atoms with E-state index in [9.17, 15) is 13.2 Å². The molecule has 0 saturated carbocycles. The number of methoxy groups -OCH3 is 1. The van der Waals surface area contributed by atoms with Gasteiger partial charge in [-0.25, -0.2) is 0 Å². The standard InChI is InChI=1S/C9H10O5S/c1-13-8-5-3-4-7(6-10)9(8)14-15(2,11)12/h3-6H,1-2H3. The van der Waals surface area contributed by atoms with Crippen molar-refractivity contribution in [3.8, 4) is 11.5 Å². The first-order chi connectivity index (χ1) is 6.98. The van der Waals surface area contributed by atoms with Crippen LogP contribution in [0.1, 0.15) is 10.4 Å². The lowest BCUT2D eigenvalue weighted by Gasteiger charge is -2.09. The number of hydrogen-bond acceptors (Lipinski definition) is 5. The lowest BCUT2D eigenvalue weighted by Crippen LogP contribution is -2.08. The molecule has 15 heavy (non-hydrogen) atoms. The third kappa shape index (κ3) is 2.95. The van der Waals surface area contributed by atoms with Crippen molar-refractivity contribution in [1.82, 2.24) is 0 Å². The van der Waals surface area contributed by atoms with E-state index in [0.717, 1.165) is 6.26 Å². The minimum Gasteiger partial charge on any atom is -0.493 e. The van der Waals surface area contributed by atoms with Crippen LogP contribution in [0.5, 0.6) is 11.5 Å². The molecule has 1 aromatic carbocycles. The molecule has 0 atom stereocenters. The molecule has 0 spiro atoms. The van der Waals surface area contributed by atoms with E-state index in [1.54, 1.807) is 6.07 Å². The van der Waals surface area contributed by atoms with Crippen LogP contribution >= 0.6 is 0 Å². The second-order valence-corrected chi connectivity index (χ2v) is 4.36. The van der Waals surface area contributed by atoms with Gasteiger partial charge in [-0.15, -0.1) is 0 Å². The number of ether oxygens (including phenoxy) is 1. The van der Waals surface area contributed by atoms with Gasteiger partial charge in [-0.3, -0.25) is 4.79 Å². The fourth-order valence-corrected chi connectivity index (χ4v) is 1.51. The molecular formula is C9H10O5S. The van der Waals surface area contributed by atoms with Gasteiger partial charge in [-0.2, -0.15) is 8.42 Å². The van der Waals surface area contributed by atoms with Crippen molar-refractivity contribution in [3.05, 3.63) is 23.8 Å². The average Bonchev–Trinajstić information content (AvgIpc) is 2.16. The second-order valence-electron chi connectivity index (χ2n) is 2.78. The Hall–Kier alpha value is -1.56. The largest absolute Gasteiger partial charge is 0.493 e. The van der Waals surface area contributed by atoms with Crippen LogP contribution in [0, 0.1) is 0 Å². The molecule has 0 heterocycles. The summed E-state index contributed by atoms with van der Waals surface area (Å²) in [4.78, 5) is 10.7. The minimum absolute atomic E-state index is 0.0856. The molecule has 0 aliphatic heterocycles. The summed E-state index contributed by atoms with van der Waals surface area (Å²) in [5.41, 5.74) is 0.125. The van der Waals surface area contributed by atoms with E-state index in [2.05, 4.69) is 4.18 Å². The molecule has 1 rings (SSSR count). The van der Waals surface area contributed by atoms with Crippen molar-refractivity contribution < 1.29 is 22.1 Å². The highest BCUT2D eigenvalue weighted by atomic mass is 32.2. The first kappa shape index (κ1) is 11.5. The third-order valence-electron chi connectivity index (χ3n) is 1.59. The van der Waals surface area contributed by atoms with Crippen molar-refractivity contribution in [3.63, 3.8) is 0 Å². The summed E-state index contributed by atoms with van der Waals surface area (Å²) in [7, 11) is -2.32. The highest BCUT2D eigenvalue weighted by Crippen LogP contribution is 2.30. The summed E-state index contributed by atoms with van der Waals surface area (Å²) in [5, 5.41) is 0. The number of carbonyl (C=O) groups is 1. The molecule has 0 aromatic heterocycles. The van der Waals surface area contributed by atoms with Crippen molar-refractivity contribution in [2.24, 2.45) is 0 Å². The van der Waals surface area contributed by atoms with Crippen LogP contribution in [0.25, 0.3) is 0 Å². The molecule has 0 N–H and O–H groups in total. The van der Waals surface area contributed by atoms with Crippen molar-refractivity contribution in [1.29, 1.82) is 0 Å². The molecule has 0 fully saturated rings. The summed E-state index contributed by atoms with van der Waals surface area (Å²) in [6.07, 6.45) is 1.40. The van der Waals surface area contributed by atoms with Crippen LogP contribution in [0.4, 0.5) is 0 Å². The third-order valence-corrected chi connectivity index (χ3v) is 2.06. The normalized spacial score (nSPS) is 10.8. The minimum atomic E-state index is -3.68. The zero-order valence-corrected chi connectivity index (χ0v) is 9.08. The molecule has 0 unspecified atom stereocenters. The quantitative estimate of drug-likeness (QED) is 0.566. The van der Waals surface area contributed by atoms with E-state index in [-0.39, 0.29) is 17.1 Å². The summed E-state index contributed by atoms with van der Waals surface area (Å²) in [6, 6.07) is 4.52. The Labute approximate surface area is 87.7 Å². The first-order valence-corrected chi connectivity index (χ1v) is 5.81. The topological polar surface area (TPSA) is 69.7 Å². The lowest BCUT2D eigenvalue weighted by molar-refractivity contribution is 0.112. The number of carbonyl (C=O) groups excluding carboxylic acids is 1. The Morgan fingerprint density at radius 1 is 1.33 bits per heavy atom. The number of hydrogen-bond donors (Lipinski definition) is 0. The number of rotatable bonds is 4. The van der Waals surface area contributed by atoms with Crippen LogP contribution < -0.4 is 8.92 Å². The summed E-state index contributed by atoms with van der Waals surface area (Å²) in [6.45, 7) is 0. The molecular weight excluding hydrogens is 220 g/mol. The second kappa shape index (κ2) is 4.31. The number of benzene rings is 1. The highest BCUT2D eigenvalue weighted by molar-refractivity contribution is 7.86. The number of aldehydes is 1. The maximum absolute atomic E-state index is 10.9. The van der Waals surface area contributed by atoms with Gasteiger partial charge in [-0.1, -0.05) is 6.07 Å². The highest BCUT2D eigenvalue weighted by Gasteiger charge is 2.14. The van der Waals surface area contributed by atoms with Crippen LogP contribution in [-0.4, -0.2) is 28.1 Å². The molecule has 0 bridgehead atoms. The van der Waals surface area contributed by atoms with Crippen molar-refractivity contribution in [2.45, 2.75) is 0 Å². The van der Waals surface area contributed by atoms with Gasteiger partial charge in [-0.05, 0) is 12.1 Å². The Bertz CT molecular complexity index is 463. The molecule has 0 amide bonds. The molecule has 6 heteroatoms.